The van der Waals surface area contributed by atoms with E-state index in [4.69, 9.17) is 17.0 Å². The van der Waals surface area contributed by atoms with Crippen LogP contribution >= 0.6 is 12.2 Å². The fraction of sp³-hybridized carbons (Fsp3) is 0.105. The summed E-state index contributed by atoms with van der Waals surface area (Å²) in [6.45, 7) is 2.39. The molecular weight excluding hydrogens is 394 g/mol. The molecule has 0 aliphatic rings. The van der Waals surface area contributed by atoms with E-state index in [1.807, 2.05) is 6.92 Å². The minimum Gasteiger partial charge on any atom is -0.494 e. The number of carbonyl (C=O) groups excluding carboxylic acids is 1. The van der Waals surface area contributed by atoms with Crippen LogP contribution in [-0.2, 0) is 0 Å². The Morgan fingerprint density at radius 1 is 1.31 bits per heavy atom. The highest BCUT2D eigenvalue weighted by Gasteiger charge is 2.13. The third kappa shape index (κ3) is 4.55. The van der Waals surface area contributed by atoms with Crippen LogP contribution in [0.15, 0.2) is 58.7 Å². The fourth-order valence-electron chi connectivity index (χ4n) is 2.48. The van der Waals surface area contributed by atoms with Crippen molar-refractivity contribution in [3.8, 4) is 17.3 Å². The lowest BCUT2D eigenvalue weighted by molar-refractivity contribution is 0.0955. The number of hydrogen-bond donors (Lipinski definition) is 3. The quantitative estimate of drug-likeness (QED) is 0.325. The molecule has 0 saturated heterocycles. The lowest BCUT2D eigenvalue weighted by Crippen LogP contribution is -2.21. The lowest BCUT2D eigenvalue weighted by Gasteiger charge is -2.12. The molecule has 9 nitrogen and oxygen atoms in total. The number of ether oxygens (including phenoxy) is 1. The monoisotopic (exact) mass is 411 g/mol. The molecule has 3 aromatic rings. The van der Waals surface area contributed by atoms with E-state index >= 15 is 0 Å². The van der Waals surface area contributed by atoms with Crippen molar-refractivity contribution in [2.24, 2.45) is 5.10 Å². The first kappa shape index (κ1) is 20.0. The zero-order chi connectivity index (χ0) is 20.8. The summed E-state index contributed by atoms with van der Waals surface area (Å²) in [7, 11) is 0. The van der Waals surface area contributed by atoms with Crippen molar-refractivity contribution in [2.45, 2.75) is 6.92 Å². The second-order valence-corrected chi connectivity index (χ2v) is 6.08. The van der Waals surface area contributed by atoms with Crippen LogP contribution in [0, 0.1) is 4.77 Å². The summed E-state index contributed by atoms with van der Waals surface area (Å²) in [4.78, 5) is 30.5. The van der Waals surface area contributed by atoms with Gasteiger partial charge in [-0.3, -0.25) is 24.1 Å². The van der Waals surface area contributed by atoms with Gasteiger partial charge in [0.2, 0.25) is 5.88 Å². The Hall–Kier alpha value is -3.79. The number of H-pyrrole nitrogens is 1. The van der Waals surface area contributed by atoms with Crippen molar-refractivity contribution in [1.29, 1.82) is 0 Å². The highest BCUT2D eigenvalue weighted by Crippen LogP contribution is 2.21. The number of pyridine rings is 1. The molecule has 0 spiro atoms. The molecule has 0 fully saturated rings. The van der Waals surface area contributed by atoms with E-state index in [0.29, 0.717) is 23.6 Å². The number of rotatable bonds is 6. The Morgan fingerprint density at radius 2 is 2.00 bits per heavy atom. The zero-order valence-electron chi connectivity index (χ0n) is 15.3. The Kier molecular flexibility index (Phi) is 6.15. The summed E-state index contributed by atoms with van der Waals surface area (Å²) in [5.41, 5.74) is 2.34. The van der Waals surface area contributed by atoms with Crippen LogP contribution in [0.25, 0.3) is 5.69 Å². The van der Waals surface area contributed by atoms with E-state index in [1.54, 1.807) is 24.3 Å². The second kappa shape index (κ2) is 8.93. The van der Waals surface area contributed by atoms with Crippen molar-refractivity contribution < 1.29 is 14.6 Å². The molecule has 0 unspecified atom stereocenters. The highest BCUT2D eigenvalue weighted by atomic mass is 32.1. The van der Waals surface area contributed by atoms with Gasteiger partial charge in [0.1, 0.15) is 11.3 Å². The molecule has 2 aromatic heterocycles. The van der Waals surface area contributed by atoms with E-state index in [2.05, 4.69) is 20.5 Å². The maximum absolute atomic E-state index is 12.2. The third-order valence-corrected chi connectivity index (χ3v) is 4.11. The normalized spacial score (nSPS) is 10.8. The number of carbonyl (C=O) groups is 1. The molecule has 0 aliphatic carbocycles. The number of nitrogens with zero attached hydrogens (tertiary/aromatic N) is 3. The molecule has 0 saturated carbocycles. The van der Waals surface area contributed by atoms with Crippen LogP contribution < -0.4 is 15.7 Å². The number of amides is 1. The van der Waals surface area contributed by atoms with E-state index in [-0.39, 0.29) is 10.3 Å². The predicted molar refractivity (Wildman–Crippen MR) is 109 cm³/mol. The van der Waals surface area contributed by atoms with Crippen LogP contribution in [0.4, 0.5) is 0 Å². The molecule has 0 radical (unpaired) electrons. The maximum atomic E-state index is 12.2. The number of hydrazone groups is 1. The van der Waals surface area contributed by atoms with Gasteiger partial charge >= 0.3 is 0 Å². The average molecular weight is 411 g/mol. The van der Waals surface area contributed by atoms with Crippen LogP contribution in [0.2, 0.25) is 0 Å². The molecule has 29 heavy (non-hydrogen) atoms. The minimum atomic E-state index is -0.642. The molecule has 3 rings (SSSR count). The lowest BCUT2D eigenvalue weighted by atomic mass is 10.2. The molecule has 10 heteroatoms. The standard InChI is InChI=1S/C19H17N5O4S/c1-2-28-14-5-3-13(4-6-14)24-18(27)15(17(26)22-19(24)29)11-21-23-16(25)12-7-9-20-10-8-12/h3-11,27H,2H2,1H3,(H,23,25)(H,22,26,29). The van der Waals surface area contributed by atoms with Crippen LogP contribution in [0.3, 0.4) is 0 Å². The van der Waals surface area contributed by atoms with Crippen molar-refractivity contribution in [3.05, 3.63) is 75.0 Å². The van der Waals surface area contributed by atoms with Gasteiger partial charge in [-0.2, -0.15) is 5.10 Å². The van der Waals surface area contributed by atoms with Gasteiger partial charge in [-0.05, 0) is 55.5 Å². The molecule has 1 amide bonds. The smallest absolute Gasteiger partial charge is 0.271 e. The molecule has 148 valence electrons. The molecule has 0 atom stereocenters. The van der Waals surface area contributed by atoms with Gasteiger partial charge in [0.25, 0.3) is 11.5 Å². The van der Waals surface area contributed by atoms with E-state index in [9.17, 15) is 14.7 Å². The average Bonchev–Trinajstić information content (AvgIpc) is 2.72. The maximum Gasteiger partial charge on any atom is 0.271 e. The molecular formula is C19H17N5O4S. The SMILES string of the molecule is CCOc1ccc(-n2c(O)c(C=NNC(=O)c3ccncc3)c(=O)[nH]c2=S)cc1. The van der Waals surface area contributed by atoms with Crippen molar-refractivity contribution in [3.63, 3.8) is 0 Å². The first-order valence-corrected chi connectivity index (χ1v) is 8.97. The molecule has 1 aromatic carbocycles. The molecule has 0 aliphatic heterocycles. The van der Waals surface area contributed by atoms with E-state index in [1.165, 1.54) is 29.1 Å². The molecule has 0 bridgehead atoms. The van der Waals surface area contributed by atoms with Gasteiger partial charge in [-0.1, -0.05) is 0 Å². The number of aromatic hydroxyl groups is 1. The minimum absolute atomic E-state index is 0.00892. The summed E-state index contributed by atoms with van der Waals surface area (Å²) >= 11 is 5.17. The number of nitrogens with one attached hydrogen (secondary N) is 2. The second-order valence-electron chi connectivity index (χ2n) is 5.69. The van der Waals surface area contributed by atoms with Gasteiger partial charge in [0.15, 0.2) is 4.77 Å². The predicted octanol–water partition coefficient (Wildman–Crippen LogP) is 2.16. The van der Waals surface area contributed by atoms with E-state index in [0.717, 1.165) is 6.21 Å². The largest absolute Gasteiger partial charge is 0.494 e. The number of aromatic amines is 1. The first-order chi connectivity index (χ1) is 14.0. The summed E-state index contributed by atoms with van der Waals surface area (Å²) in [6, 6.07) is 9.83. The van der Waals surface area contributed by atoms with Crippen LogP contribution in [-0.4, -0.2) is 38.4 Å². The number of benzene rings is 1. The number of hydrogen-bond acceptors (Lipinski definition) is 7. The first-order valence-electron chi connectivity index (χ1n) is 8.56. The topological polar surface area (TPSA) is 122 Å². The molecule has 3 N–H and O–H groups in total. The Balaban J connectivity index is 1.90. The van der Waals surface area contributed by atoms with Crippen molar-refractivity contribution >= 4 is 24.3 Å². The van der Waals surface area contributed by atoms with Crippen LogP contribution in [0.5, 0.6) is 11.6 Å². The Bertz CT molecular complexity index is 1150. The fourth-order valence-corrected chi connectivity index (χ4v) is 2.76. The summed E-state index contributed by atoms with van der Waals surface area (Å²) < 4.78 is 6.68. The number of aromatic nitrogens is 3. The summed E-state index contributed by atoms with van der Waals surface area (Å²) in [5.74, 6) is -0.240. The highest BCUT2D eigenvalue weighted by molar-refractivity contribution is 7.71. The van der Waals surface area contributed by atoms with Crippen molar-refractivity contribution in [1.82, 2.24) is 20.0 Å². The van der Waals surface area contributed by atoms with Gasteiger partial charge in [-0.25, -0.2) is 5.43 Å². The summed E-state index contributed by atoms with van der Waals surface area (Å²) in [5, 5.41) is 14.3. The van der Waals surface area contributed by atoms with Gasteiger partial charge < -0.3 is 9.84 Å². The van der Waals surface area contributed by atoms with Crippen molar-refractivity contribution in [2.75, 3.05) is 6.61 Å². The molecule has 2 heterocycles. The van der Waals surface area contributed by atoms with Gasteiger partial charge in [-0.15, -0.1) is 0 Å². The van der Waals surface area contributed by atoms with Crippen LogP contribution in [0.1, 0.15) is 22.8 Å². The Morgan fingerprint density at radius 3 is 2.66 bits per heavy atom. The zero-order valence-corrected chi connectivity index (χ0v) is 16.1. The van der Waals surface area contributed by atoms with E-state index < -0.39 is 17.3 Å². The third-order valence-electron chi connectivity index (χ3n) is 3.83. The summed E-state index contributed by atoms with van der Waals surface area (Å²) in [6.07, 6.45) is 3.99. The van der Waals surface area contributed by atoms with Gasteiger partial charge in [0.05, 0.1) is 18.5 Å². The Labute approximate surface area is 170 Å². The van der Waals surface area contributed by atoms with Gasteiger partial charge in [0, 0.05) is 18.0 Å².